The predicted molar refractivity (Wildman–Crippen MR) is 116 cm³/mol. The van der Waals surface area contributed by atoms with Crippen LogP contribution in [-0.4, -0.2) is 49.1 Å². The molecule has 0 radical (unpaired) electrons. The van der Waals surface area contributed by atoms with E-state index >= 15 is 0 Å². The van der Waals surface area contributed by atoms with Crippen LogP contribution in [0.25, 0.3) is 11.0 Å². The highest BCUT2D eigenvalue weighted by Gasteiger charge is 2.43. The topological polar surface area (TPSA) is 60.8 Å². The number of furan rings is 1. The van der Waals surface area contributed by atoms with E-state index in [4.69, 9.17) is 16.0 Å². The number of anilines is 1. The standard InChI is InChI=1S/C22H29ClN4O2/c1-26-8-5-9-27(11-10-26)14-16-12-15-13-17(23)19-18(20(15)29-16)22(25-21(28)24-19)6-3-2-4-7-22/h12-13H,2-11,14H2,1H3,(H2,24,25,28). The number of urea groups is 1. The Kier molecular flexibility index (Phi) is 4.96. The van der Waals surface area contributed by atoms with Crippen LogP contribution in [0.5, 0.6) is 0 Å². The summed E-state index contributed by atoms with van der Waals surface area (Å²) < 4.78 is 6.45. The number of halogens is 1. The van der Waals surface area contributed by atoms with Crippen molar-refractivity contribution in [3.8, 4) is 0 Å². The van der Waals surface area contributed by atoms with Gasteiger partial charge < -0.3 is 20.0 Å². The van der Waals surface area contributed by atoms with E-state index in [1.165, 1.54) is 12.8 Å². The molecule has 1 aliphatic carbocycles. The van der Waals surface area contributed by atoms with Gasteiger partial charge in [-0.1, -0.05) is 30.9 Å². The first kappa shape index (κ1) is 19.2. The lowest BCUT2D eigenvalue weighted by molar-refractivity contribution is 0.208. The molecule has 0 atom stereocenters. The molecule has 29 heavy (non-hydrogen) atoms. The molecule has 2 aromatic rings. The second-order valence-corrected chi connectivity index (χ2v) is 9.30. The van der Waals surface area contributed by atoms with Crippen LogP contribution in [0.2, 0.25) is 5.02 Å². The Morgan fingerprint density at radius 1 is 1.10 bits per heavy atom. The average molecular weight is 417 g/mol. The van der Waals surface area contributed by atoms with Gasteiger partial charge in [-0.15, -0.1) is 0 Å². The van der Waals surface area contributed by atoms with Crippen LogP contribution in [0, 0.1) is 0 Å². The minimum absolute atomic E-state index is 0.166. The van der Waals surface area contributed by atoms with Crippen molar-refractivity contribution < 1.29 is 9.21 Å². The van der Waals surface area contributed by atoms with Gasteiger partial charge in [-0.25, -0.2) is 4.79 Å². The number of fused-ring (bicyclic) bond motifs is 4. The Balaban J connectivity index is 1.54. The average Bonchev–Trinajstić information content (AvgIpc) is 2.96. The van der Waals surface area contributed by atoms with Crippen molar-refractivity contribution >= 4 is 34.3 Å². The fourth-order valence-electron chi connectivity index (χ4n) is 5.29. The van der Waals surface area contributed by atoms with E-state index in [1.54, 1.807) is 0 Å². The summed E-state index contributed by atoms with van der Waals surface area (Å²) in [6.07, 6.45) is 6.44. The summed E-state index contributed by atoms with van der Waals surface area (Å²) in [5, 5.41) is 7.78. The Bertz CT molecular complexity index is 935. The third kappa shape index (κ3) is 3.51. The largest absolute Gasteiger partial charge is 0.459 e. The lowest BCUT2D eigenvalue weighted by atomic mass is 9.74. The van der Waals surface area contributed by atoms with Gasteiger partial charge in [-0.2, -0.15) is 0 Å². The zero-order valence-electron chi connectivity index (χ0n) is 17.0. The van der Waals surface area contributed by atoms with Crippen LogP contribution < -0.4 is 10.6 Å². The number of benzene rings is 1. The third-order valence-electron chi connectivity index (χ3n) is 6.78. The number of hydrogen-bond donors (Lipinski definition) is 2. The van der Waals surface area contributed by atoms with Gasteiger partial charge in [0, 0.05) is 24.0 Å². The second kappa shape index (κ2) is 7.49. The van der Waals surface area contributed by atoms with E-state index in [9.17, 15) is 4.79 Å². The van der Waals surface area contributed by atoms with E-state index in [0.717, 1.165) is 86.4 Å². The minimum Gasteiger partial charge on any atom is -0.459 e. The van der Waals surface area contributed by atoms with Crippen molar-refractivity contribution in [1.82, 2.24) is 15.1 Å². The monoisotopic (exact) mass is 416 g/mol. The summed E-state index contributed by atoms with van der Waals surface area (Å²) >= 11 is 6.63. The number of likely N-dealkylation sites (N-methyl/N-ethyl adjacent to an activating group) is 1. The van der Waals surface area contributed by atoms with Crippen molar-refractivity contribution in [3.63, 3.8) is 0 Å². The summed E-state index contributed by atoms with van der Waals surface area (Å²) in [6.45, 7) is 5.17. The molecule has 3 heterocycles. The molecule has 1 saturated heterocycles. The fourth-order valence-corrected chi connectivity index (χ4v) is 5.55. The molecule has 5 rings (SSSR count). The molecule has 1 spiro atoms. The van der Waals surface area contributed by atoms with Gasteiger partial charge in [0.25, 0.3) is 0 Å². The number of carbonyl (C=O) groups is 1. The van der Waals surface area contributed by atoms with Gasteiger partial charge in [-0.05, 0) is 51.5 Å². The summed E-state index contributed by atoms with van der Waals surface area (Å²) in [6, 6.07) is 3.89. The van der Waals surface area contributed by atoms with Crippen molar-refractivity contribution in [1.29, 1.82) is 0 Å². The van der Waals surface area contributed by atoms with Crippen molar-refractivity contribution in [2.75, 3.05) is 38.5 Å². The van der Waals surface area contributed by atoms with Crippen molar-refractivity contribution in [2.45, 2.75) is 50.6 Å². The maximum Gasteiger partial charge on any atom is 0.319 e. The first-order valence-corrected chi connectivity index (χ1v) is 11.2. The molecule has 6 nitrogen and oxygen atoms in total. The van der Waals surface area contributed by atoms with Crippen LogP contribution in [-0.2, 0) is 12.1 Å². The second-order valence-electron chi connectivity index (χ2n) is 8.89. The van der Waals surface area contributed by atoms with Gasteiger partial charge in [0.05, 0.1) is 22.8 Å². The van der Waals surface area contributed by atoms with E-state index in [2.05, 4.69) is 33.5 Å². The molecule has 1 saturated carbocycles. The SMILES string of the molecule is CN1CCCN(Cc2cc3cc(Cl)c4c(c3o2)C2(CCCCC2)NC(=O)N4)CC1. The van der Waals surface area contributed by atoms with E-state index in [1.807, 2.05) is 6.07 Å². The van der Waals surface area contributed by atoms with Gasteiger partial charge in [0.2, 0.25) is 0 Å². The highest BCUT2D eigenvalue weighted by Crippen LogP contribution is 2.49. The maximum absolute atomic E-state index is 12.4. The Morgan fingerprint density at radius 3 is 2.76 bits per heavy atom. The Labute approximate surface area is 176 Å². The molecule has 1 aromatic carbocycles. The highest BCUT2D eigenvalue weighted by molar-refractivity contribution is 6.35. The third-order valence-corrected chi connectivity index (χ3v) is 7.08. The van der Waals surface area contributed by atoms with Crippen LogP contribution in [0.15, 0.2) is 16.5 Å². The predicted octanol–water partition coefficient (Wildman–Crippen LogP) is 4.52. The smallest absolute Gasteiger partial charge is 0.319 e. The Morgan fingerprint density at radius 2 is 1.93 bits per heavy atom. The molecule has 1 aromatic heterocycles. The summed E-state index contributed by atoms with van der Waals surface area (Å²) in [5.41, 5.74) is 2.27. The Hall–Kier alpha value is -1.76. The van der Waals surface area contributed by atoms with Crippen molar-refractivity contribution in [3.05, 3.63) is 28.5 Å². The summed E-state index contributed by atoms with van der Waals surface area (Å²) in [4.78, 5) is 17.2. The highest BCUT2D eigenvalue weighted by atomic mass is 35.5. The van der Waals surface area contributed by atoms with Gasteiger partial charge in [0.1, 0.15) is 11.3 Å². The molecule has 2 fully saturated rings. The number of nitrogens with zero attached hydrogens (tertiary/aromatic N) is 2. The van der Waals surface area contributed by atoms with Gasteiger partial charge in [0.15, 0.2) is 0 Å². The number of hydrogen-bond acceptors (Lipinski definition) is 4. The molecule has 2 aliphatic heterocycles. The number of amides is 2. The number of carbonyl (C=O) groups excluding carboxylic acids is 1. The zero-order valence-corrected chi connectivity index (χ0v) is 17.8. The van der Waals surface area contributed by atoms with Crippen LogP contribution in [0.3, 0.4) is 0 Å². The molecular weight excluding hydrogens is 388 g/mol. The number of rotatable bonds is 2. The van der Waals surface area contributed by atoms with Crippen LogP contribution in [0.1, 0.15) is 49.8 Å². The molecule has 7 heteroatoms. The summed E-state index contributed by atoms with van der Waals surface area (Å²) in [7, 11) is 2.18. The molecule has 156 valence electrons. The quantitative estimate of drug-likeness (QED) is 0.755. The van der Waals surface area contributed by atoms with Crippen molar-refractivity contribution in [2.24, 2.45) is 0 Å². The maximum atomic E-state index is 12.4. The van der Waals surface area contributed by atoms with Gasteiger partial charge in [-0.3, -0.25) is 4.90 Å². The molecule has 0 unspecified atom stereocenters. The molecule has 3 aliphatic rings. The normalized spacial score (nSPS) is 22.9. The molecule has 0 bridgehead atoms. The first-order valence-electron chi connectivity index (χ1n) is 10.8. The van der Waals surface area contributed by atoms with Crippen LogP contribution in [0.4, 0.5) is 10.5 Å². The minimum atomic E-state index is -0.375. The molecule has 2 N–H and O–H groups in total. The molecular formula is C22H29ClN4O2. The van der Waals surface area contributed by atoms with E-state index in [0.29, 0.717) is 5.02 Å². The first-order chi connectivity index (χ1) is 14.0. The van der Waals surface area contributed by atoms with E-state index in [-0.39, 0.29) is 11.6 Å². The van der Waals surface area contributed by atoms with E-state index < -0.39 is 0 Å². The zero-order chi connectivity index (χ0) is 20.0. The number of nitrogens with one attached hydrogen (secondary N) is 2. The lowest BCUT2D eigenvalue weighted by Gasteiger charge is -2.42. The van der Waals surface area contributed by atoms with Gasteiger partial charge >= 0.3 is 6.03 Å². The summed E-state index contributed by atoms with van der Waals surface area (Å²) in [5.74, 6) is 0.969. The lowest BCUT2D eigenvalue weighted by Crippen LogP contribution is -2.52. The van der Waals surface area contributed by atoms with Crippen LogP contribution >= 0.6 is 11.6 Å². The molecule has 2 amide bonds. The fraction of sp³-hybridized carbons (Fsp3) is 0.591.